The van der Waals surface area contributed by atoms with Crippen molar-refractivity contribution in [1.29, 1.82) is 0 Å². The number of hydrogen-bond donors (Lipinski definition) is 1. The zero-order chi connectivity index (χ0) is 16.9. The highest BCUT2D eigenvalue weighted by molar-refractivity contribution is 5.94. The minimum Gasteiger partial charge on any atom is -0.377 e. The van der Waals surface area contributed by atoms with Crippen LogP contribution in [0.25, 0.3) is 0 Å². The van der Waals surface area contributed by atoms with Gasteiger partial charge in [-0.25, -0.2) is 0 Å². The molecule has 24 heavy (non-hydrogen) atoms. The first-order chi connectivity index (χ1) is 11.6. The molecule has 0 radical (unpaired) electrons. The first-order valence-corrected chi connectivity index (χ1v) is 8.62. The Morgan fingerprint density at radius 2 is 1.83 bits per heavy atom. The molecule has 1 atom stereocenters. The average molecular weight is 331 g/mol. The molecule has 1 aromatic rings. The number of carbonyl (C=O) groups is 2. The lowest BCUT2D eigenvalue weighted by atomic mass is 10.1. The fraction of sp³-hybridized carbons (Fsp3) is 0.556. The highest BCUT2D eigenvalue weighted by Crippen LogP contribution is 2.17. The van der Waals surface area contributed by atoms with E-state index in [1.54, 1.807) is 4.90 Å². The monoisotopic (exact) mass is 331 g/mol. The summed E-state index contributed by atoms with van der Waals surface area (Å²) in [5.74, 6) is -0.471. The zero-order valence-electron chi connectivity index (χ0n) is 13.9. The van der Waals surface area contributed by atoms with Gasteiger partial charge in [0.1, 0.15) is 0 Å². The van der Waals surface area contributed by atoms with Crippen molar-refractivity contribution in [3.8, 4) is 0 Å². The molecule has 2 heterocycles. The summed E-state index contributed by atoms with van der Waals surface area (Å²) in [6.07, 6.45) is 2.68. The molecule has 0 saturated carbocycles. The van der Waals surface area contributed by atoms with Crippen LogP contribution in [0.4, 0.5) is 0 Å². The van der Waals surface area contributed by atoms with Gasteiger partial charge in [-0.3, -0.25) is 14.5 Å². The molecule has 0 bridgehead atoms. The minimum atomic E-state index is -0.413. The number of nitrogens with two attached hydrogens (primary N) is 1. The third kappa shape index (κ3) is 4.13. The van der Waals surface area contributed by atoms with Gasteiger partial charge in [0, 0.05) is 25.1 Å². The third-order valence-electron chi connectivity index (χ3n) is 4.73. The zero-order valence-corrected chi connectivity index (χ0v) is 13.9. The number of likely N-dealkylation sites (tertiary alicyclic amines) is 1. The number of morpholine rings is 1. The van der Waals surface area contributed by atoms with E-state index in [0.29, 0.717) is 25.3 Å². The van der Waals surface area contributed by atoms with E-state index in [-0.39, 0.29) is 18.4 Å². The van der Waals surface area contributed by atoms with Gasteiger partial charge in [0.2, 0.25) is 5.91 Å². The molecule has 6 heteroatoms. The van der Waals surface area contributed by atoms with Crippen molar-refractivity contribution in [2.24, 2.45) is 5.73 Å². The van der Waals surface area contributed by atoms with E-state index in [1.807, 2.05) is 24.3 Å². The van der Waals surface area contributed by atoms with Crippen molar-refractivity contribution >= 4 is 11.8 Å². The molecule has 1 aromatic carbocycles. The quantitative estimate of drug-likeness (QED) is 0.873. The minimum absolute atomic E-state index is 0.0581. The van der Waals surface area contributed by atoms with Crippen molar-refractivity contribution < 1.29 is 14.3 Å². The maximum atomic E-state index is 12.8. The largest absolute Gasteiger partial charge is 0.377 e. The highest BCUT2D eigenvalue weighted by atomic mass is 16.5. The molecule has 1 unspecified atom stereocenters. The van der Waals surface area contributed by atoms with Gasteiger partial charge in [0.25, 0.3) is 5.91 Å². The standard InChI is InChI=1S/C18H25N3O3/c19-17(22)11-16-13-24-10-9-21(16)18(23)15-5-3-14(4-6-15)12-20-7-1-2-8-20/h3-6,16H,1-2,7-13H2,(H2,19,22). The van der Waals surface area contributed by atoms with Crippen LogP contribution in [0.5, 0.6) is 0 Å². The summed E-state index contributed by atoms with van der Waals surface area (Å²) < 4.78 is 5.39. The molecular formula is C18H25N3O3. The predicted octanol–water partition coefficient (Wildman–Crippen LogP) is 0.999. The summed E-state index contributed by atoms with van der Waals surface area (Å²) in [4.78, 5) is 28.1. The number of amides is 2. The van der Waals surface area contributed by atoms with Gasteiger partial charge in [-0.05, 0) is 43.6 Å². The number of benzene rings is 1. The maximum Gasteiger partial charge on any atom is 0.254 e. The van der Waals surface area contributed by atoms with Gasteiger partial charge in [0.15, 0.2) is 0 Å². The first kappa shape index (κ1) is 16.9. The molecule has 0 aliphatic carbocycles. The maximum absolute atomic E-state index is 12.8. The van der Waals surface area contributed by atoms with E-state index in [9.17, 15) is 9.59 Å². The molecule has 0 aromatic heterocycles. The third-order valence-corrected chi connectivity index (χ3v) is 4.73. The second kappa shape index (κ2) is 7.77. The van der Waals surface area contributed by atoms with Crippen molar-refractivity contribution in [3.63, 3.8) is 0 Å². The van der Waals surface area contributed by atoms with Gasteiger partial charge in [-0.1, -0.05) is 12.1 Å². The molecule has 2 fully saturated rings. The van der Waals surface area contributed by atoms with E-state index in [1.165, 1.54) is 18.4 Å². The fourth-order valence-electron chi connectivity index (χ4n) is 3.44. The molecule has 0 spiro atoms. The van der Waals surface area contributed by atoms with E-state index in [2.05, 4.69) is 4.90 Å². The van der Waals surface area contributed by atoms with Crippen LogP contribution in [0.15, 0.2) is 24.3 Å². The fourth-order valence-corrected chi connectivity index (χ4v) is 3.44. The molecule has 130 valence electrons. The SMILES string of the molecule is NC(=O)CC1COCCN1C(=O)c1ccc(CN2CCCC2)cc1. The van der Waals surface area contributed by atoms with Gasteiger partial charge in [-0.15, -0.1) is 0 Å². The molecule has 2 aliphatic heterocycles. The Morgan fingerprint density at radius 3 is 2.50 bits per heavy atom. The number of hydrogen-bond acceptors (Lipinski definition) is 4. The Hall–Kier alpha value is -1.92. The second-order valence-electron chi connectivity index (χ2n) is 6.58. The van der Waals surface area contributed by atoms with Crippen LogP contribution in [0.1, 0.15) is 35.2 Å². The van der Waals surface area contributed by atoms with Crippen molar-refractivity contribution in [2.75, 3.05) is 32.8 Å². The topological polar surface area (TPSA) is 75.9 Å². The molecule has 2 N–H and O–H groups in total. The number of rotatable bonds is 5. The summed E-state index contributed by atoms with van der Waals surface area (Å²) in [6, 6.07) is 7.53. The lowest BCUT2D eigenvalue weighted by Crippen LogP contribution is -2.50. The van der Waals surface area contributed by atoms with E-state index >= 15 is 0 Å². The average Bonchev–Trinajstić information content (AvgIpc) is 3.08. The molecule has 2 amide bonds. The first-order valence-electron chi connectivity index (χ1n) is 8.62. The number of primary amides is 1. The van der Waals surface area contributed by atoms with Crippen LogP contribution in [0, 0.1) is 0 Å². The second-order valence-corrected chi connectivity index (χ2v) is 6.58. The summed E-state index contributed by atoms with van der Waals surface area (Å²) in [5.41, 5.74) is 7.16. The number of ether oxygens (including phenoxy) is 1. The highest BCUT2D eigenvalue weighted by Gasteiger charge is 2.29. The Balaban J connectivity index is 1.65. The molecule has 2 saturated heterocycles. The van der Waals surface area contributed by atoms with Gasteiger partial charge >= 0.3 is 0 Å². The van der Waals surface area contributed by atoms with Gasteiger partial charge < -0.3 is 15.4 Å². The predicted molar refractivity (Wildman–Crippen MR) is 90.4 cm³/mol. The Labute approximate surface area is 142 Å². The van der Waals surface area contributed by atoms with Crippen LogP contribution in [-0.2, 0) is 16.1 Å². The summed E-state index contributed by atoms with van der Waals surface area (Å²) in [7, 11) is 0. The number of carbonyl (C=O) groups excluding carboxylic acids is 2. The van der Waals surface area contributed by atoms with Gasteiger partial charge in [-0.2, -0.15) is 0 Å². The smallest absolute Gasteiger partial charge is 0.254 e. The van der Waals surface area contributed by atoms with E-state index in [4.69, 9.17) is 10.5 Å². The lowest BCUT2D eigenvalue weighted by molar-refractivity contribution is -0.120. The van der Waals surface area contributed by atoms with Crippen LogP contribution in [0.3, 0.4) is 0 Å². The molecule has 3 rings (SSSR count). The summed E-state index contributed by atoms with van der Waals surface area (Å²) >= 11 is 0. The van der Waals surface area contributed by atoms with Crippen LogP contribution < -0.4 is 5.73 Å². The van der Waals surface area contributed by atoms with Crippen molar-refractivity contribution in [1.82, 2.24) is 9.80 Å². The van der Waals surface area contributed by atoms with E-state index in [0.717, 1.165) is 19.6 Å². The summed E-state index contributed by atoms with van der Waals surface area (Å²) in [5, 5.41) is 0. The molecular weight excluding hydrogens is 306 g/mol. The number of nitrogens with zero attached hydrogens (tertiary/aromatic N) is 2. The van der Waals surface area contributed by atoms with Crippen molar-refractivity contribution in [2.45, 2.75) is 31.8 Å². The Bertz CT molecular complexity index is 582. The van der Waals surface area contributed by atoms with E-state index < -0.39 is 5.91 Å². The van der Waals surface area contributed by atoms with Crippen LogP contribution in [0.2, 0.25) is 0 Å². The van der Waals surface area contributed by atoms with Crippen LogP contribution in [-0.4, -0.2) is 60.5 Å². The normalized spacial score (nSPS) is 21.8. The molecule has 2 aliphatic rings. The summed E-state index contributed by atoms with van der Waals surface area (Å²) in [6.45, 7) is 4.60. The Kier molecular flexibility index (Phi) is 5.48. The van der Waals surface area contributed by atoms with Gasteiger partial charge in [0.05, 0.1) is 19.3 Å². The Morgan fingerprint density at radius 1 is 1.12 bits per heavy atom. The lowest BCUT2D eigenvalue weighted by Gasteiger charge is -2.35. The van der Waals surface area contributed by atoms with Crippen LogP contribution >= 0.6 is 0 Å². The van der Waals surface area contributed by atoms with Crippen molar-refractivity contribution in [3.05, 3.63) is 35.4 Å². The molecule has 6 nitrogen and oxygen atoms in total.